The minimum atomic E-state index is -3.40. The van der Waals surface area contributed by atoms with E-state index in [0.717, 1.165) is 12.8 Å². The Bertz CT molecular complexity index is 702. The van der Waals surface area contributed by atoms with E-state index < -0.39 is 10.0 Å². The fourth-order valence-electron chi connectivity index (χ4n) is 4.10. The van der Waals surface area contributed by atoms with E-state index in [9.17, 15) is 13.2 Å². The third kappa shape index (κ3) is 3.83. The number of piperidine rings is 1. The number of thiophene rings is 1. The number of hydrogen-bond acceptors (Lipinski definition) is 5. The van der Waals surface area contributed by atoms with E-state index in [4.69, 9.17) is 0 Å². The average molecular weight is 400 g/mol. The first kappa shape index (κ1) is 19.8. The fraction of sp³-hybridized carbons (Fsp3) is 0.722. The van der Waals surface area contributed by atoms with E-state index in [1.54, 1.807) is 21.8 Å². The van der Waals surface area contributed by atoms with Crippen molar-refractivity contribution < 1.29 is 13.2 Å². The number of rotatable bonds is 4. The summed E-state index contributed by atoms with van der Waals surface area (Å²) in [4.78, 5) is 17.2. The van der Waals surface area contributed by atoms with Gasteiger partial charge < -0.3 is 4.90 Å². The Morgan fingerprint density at radius 1 is 1.15 bits per heavy atom. The van der Waals surface area contributed by atoms with Crippen molar-refractivity contribution in [3.05, 3.63) is 17.5 Å². The molecule has 2 fully saturated rings. The predicted molar refractivity (Wildman–Crippen MR) is 104 cm³/mol. The third-order valence-electron chi connectivity index (χ3n) is 5.72. The topological polar surface area (TPSA) is 60.9 Å². The number of nitrogens with zero attached hydrogens (tertiary/aromatic N) is 3. The fourth-order valence-corrected chi connectivity index (χ4v) is 6.66. The lowest BCUT2D eigenvalue weighted by Crippen LogP contribution is -2.58. The van der Waals surface area contributed by atoms with Gasteiger partial charge in [-0.2, -0.15) is 4.31 Å². The van der Waals surface area contributed by atoms with Gasteiger partial charge in [-0.1, -0.05) is 6.07 Å². The zero-order valence-electron chi connectivity index (χ0n) is 15.8. The molecule has 3 heterocycles. The van der Waals surface area contributed by atoms with Gasteiger partial charge in [-0.25, -0.2) is 8.42 Å². The van der Waals surface area contributed by atoms with Gasteiger partial charge in [-0.15, -0.1) is 11.3 Å². The molecule has 2 aliphatic rings. The van der Waals surface area contributed by atoms with Crippen LogP contribution in [0.4, 0.5) is 0 Å². The van der Waals surface area contributed by atoms with Gasteiger partial charge in [0.05, 0.1) is 6.04 Å². The van der Waals surface area contributed by atoms with Crippen LogP contribution in [-0.4, -0.2) is 72.7 Å². The van der Waals surface area contributed by atoms with Crippen LogP contribution in [0.3, 0.4) is 0 Å². The standard InChI is InChI=1S/C18H29N3O3S2/c1-14-6-4-7-15(2)21(14)18(22)16(3)19-9-11-20(12-10-19)26(23,24)17-8-5-13-25-17/h5,8,13-16H,4,6-7,9-12H2,1-3H3/t14-,15+,16-/m1/s1. The normalized spacial score (nSPS) is 27.4. The van der Waals surface area contributed by atoms with Crippen LogP contribution in [0.2, 0.25) is 0 Å². The first-order valence-electron chi connectivity index (χ1n) is 9.42. The molecule has 2 aliphatic heterocycles. The molecule has 6 nitrogen and oxygen atoms in total. The summed E-state index contributed by atoms with van der Waals surface area (Å²) >= 11 is 1.25. The van der Waals surface area contributed by atoms with Crippen molar-refractivity contribution in [3.63, 3.8) is 0 Å². The van der Waals surface area contributed by atoms with Crippen LogP contribution in [0.5, 0.6) is 0 Å². The largest absolute Gasteiger partial charge is 0.336 e. The first-order chi connectivity index (χ1) is 12.3. The van der Waals surface area contributed by atoms with Crippen LogP contribution in [-0.2, 0) is 14.8 Å². The number of piperazine rings is 1. The van der Waals surface area contributed by atoms with Gasteiger partial charge in [0.25, 0.3) is 10.0 Å². The summed E-state index contributed by atoms with van der Waals surface area (Å²) < 4.78 is 27.2. The van der Waals surface area contributed by atoms with Crippen molar-refractivity contribution in [1.82, 2.24) is 14.1 Å². The third-order valence-corrected chi connectivity index (χ3v) is 8.99. The van der Waals surface area contributed by atoms with Crippen LogP contribution < -0.4 is 0 Å². The maximum absolute atomic E-state index is 13.0. The van der Waals surface area contributed by atoms with Gasteiger partial charge in [-0.05, 0) is 51.5 Å². The van der Waals surface area contributed by atoms with Crippen molar-refractivity contribution in [2.75, 3.05) is 26.2 Å². The second kappa shape index (κ2) is 7.96. The molecule has 0 saturated carbocycles. The summed E-state index contributed by atoms with van der Waals surface area (Å²) in [6.45, 7) is 8.27. The maximum atomic E-state index is 13.0. The summed E-state index contributed by atoms with van der Waals surface area (Å²) in [5, 5.41) is 1.78. The van der Waals surface area contributed by atoms with Crippen molar-refractivity contribution in [2.45, 2.75) is 62.4 Å². The van der Waals surface area contributed by atoms with Gasteiger partial charge in [0.15, 0.2) is 0 Å². The van der Waals surface area contributed by atoms with E-state index in [-0.39, 0.29) is 24.0 Å². The zero-order chi connectivity index (χ0) is 18.9. The molecule has 0 unspecified atom stereocenters. The molecular formula is C18H29N3O3S2. The number of sulfonamides is 1. The molecule has 1 aromatic rings. The second-order valence-corrected chi connectivity index (χ2v) is 10.5. The molecule has 0 spiro atoms. The number of hydrogen-bond donors (Lipinski definition) is 0. The van der Waals surface area contributed by atoms with Crippen molar-refractivity contribution in [2.24, 2.45) is 0 Å². The molecule has 1 amide bonds. The smallest absolute Gasteiger partial charge is 0.252 e. The van der Waals surface area contributed by atoms with E-state index in [2.05, 4.69) is 18.7 Å². The van der Waals surface area contributed by atoms with Crippen LogP contribution in [0, 0.1) is 0 Å². The highest BCUT2D eigenvalue weighted by Gasteiger charge is 2.36. The summed E-state index contributed by atoms with van der Waals surface area (Å²) in [6.07, 6.45) is 3.31. The quantitative estimate of drug-likeness (QED) is 0.779. The Kier molecular flexibility index (Phi) is 6.06. The summed E-state index contributed by atoms with van der Waals surface area (Å²) in [7, 11) is -3.40. The molecule has 3 atom stereocenters. The van der Waals surface area contributed by atoms with Crippen LogP contribution in [0.1, 0.15) is 40.0 Å². The maximum Gasteiger partial charge on any atom is 0.252 e. The molecule has 1 aromatic heterocycles. The zero-order valence-corrected chi connectivity index (χ0v) is 17.4. The Morgan fingerprint density at radius 3 is 2.31 bits per heavy atom. The second-order valence-electron chi connectivity index (χ2n) is 7.42. The minimum absolute atomic E-state index is 0.180. The van der Waals surface area contributed by atoms with Crippen molar-refractivity contribution in [1.29, 1.82) is 0 Å². The lowest BCUT2D eigenvalue weighted by Gasteiger charge is -2.43. The highest BCUT2D eigenvalue weighted by molar-refractivity contribution is 7.91. The molecule has 8 heteroatoms. The first-order valence-corrected chi connectivity index (χ1v) is 11.7. The van der Waals surface area contributed by atoms with Crippen LogP contribution in [0.25, 0.3) is 0 Å². The molecule has 0 aliphatic carbocycles. The molecule has 0 bridgehead atoms. The van der Waals surface area contributed by atoms with E-state index in [0.29, 0.717) is 30.4 Å². The van der Waals surface area contributed by atoms with Crippen molar-refractivity contribution >= 4 is 27.3 Å². The molecule has 3 rings (SSSR count). The van der Waals surface area contributed by atoms with Gasteiger partial charge in [0.2, 0.25) is 5.91 Å². The van der Waals surface area contributed by atoms with Crippen LogP contribution >= 0.6 is 11.3 Å². The monoisotopic (exact) mass is 399 g/mol. The van der Waals surface area contributed by atoms with E-state index in [1.165, 1.54) is 17.8 Å². The lowest BCUT2D eigenvalue weighted by molar-refractivity contribution is -0.143. The molecule has 0 radical (unpaired) electrons. The average Bonchev–Trinajstić information content (AvgIpc) is 3.16. The summed E-state index contributed by atoms with van der Waals surface area (Å²) in [5.74, 6) is 0.180. The molecule has 2 saturated heterocycles. The molecule has 0 N–H and O–H groups in total. The number of amides is 1. The minimum Gasteiger partial charge on any atom is -0.336 e. The highest BCUT2D eigenvalue weighted by atomic mass is 32.2. The molecule has 146 valence electrons. The number of carbonyl (C=O) groups is 1. The van der Waals surface area contributed by atoms with Crippen molar-refractivity contribution in [3.8, 4) is 0 Å². The summed E-state index contributed by atoms with van der Waals surface area (Å²) in [5.41, 5.74) is 0. The predicted octanol–water partition coefficient (Wildman–Crippen LogP) is 2.23. The Balaban J connectivity index is 1.61. The highest BCUT2D eigenvalue weighted by Crippen LogP contribution is 2.26. The molecular weight excluding hydrogens is 370 g/mol. The lowest BCUT2D eigenvalue weighted by atomic mass is 9.96. The summed E-state index contributed by atoms with van der Waals surface area (Å²) in [6, 6.07) is 3.78. The SMILES string of the molecule is C[C@H](C(=O)N1[C@H](C)CCC[C@@H]1C)N1CCN(S(=O)(=O)c2cccs2)CC1. The Morgan fingerprint density at radius 2 is 1.77 bits per heavy atom. The van der Waals surface area contributed by atoms with Gasteiger partial charge in [-0.3, -0.25) is 9.69 Å². The van der Waals surface area contributed by atoms with Gasteiger partial charge in [0.1, 0.15) is 4.21 Å². The number of carbonyl (C=O) groups excluding carboxylic acids is 1. The Labute approximate surface area is 160 Å². The molecule has 0 aromatic carbocycles. The van der Waals surface area contributed by atoms with E-state index >= 15 is 0 Å². The number of likely N-dealkylation sites (tertiary alicyclic amines) is 1. The van der Waals surface area contributed by atoms with Gasteiger partial charge in [0, 0.05) is 38.3 Å². The Hall–Kier alpha value is -0.960. The van der Waals surface area contributed by atoms with E-state index in [1.807, 2.05) is 11.8 Å². The molecule has 26 heavy (non-hydrogen) atoms. The van der Waals surface area contributed by atoms with Crippen LogP contribution in [0.15, 0.2) is 21.7 Å². The van der Waals surface area contributed by atoms with Gasteiger partial charge >= 0.3 is 0 Å².